The quantitative estimate of drug-likeness (QED) is 0.361. The molecule has 3 N–H and O–H groups in total. The summed E-state index contributed by atoms with van der Waals surface area (Å²) in [5.74, 6) is 0.889. The molecular weight excluding hydrogens is 534 g/mol. The van der Waals surface area contributed by atoms with Crippen molar-refractivity contribution in [2.75, 3.05) is 30.9 Å². The number of nitrogen functional groups attached to an aromatic ring is 1. The first-order valence-corrected chi connectivity index (χ1v) is 13.8. The van der Waals surface area contributed by atoms with Crippen LogP contribution < -0.4 is 20.5 Å². The number of thiophene rings is 1. The van der Waals surface area contributed by atoms with Crippen molar-refractivity contribution >= 4 is 45.9 Å². The molecule has 1 atom stereocenters. The van der Waals surface area contributed by atoms with E-state index in [0.717, 1.165) is 12.8 Å². The number of fused-ring (bicyclic) bond motifs is 2. The highest BCUT2D eigenvalue weighted by atomic mass is 32.1. The van der Waals surface area contributed by atoms with Gasteiger partial charge < -0.3 is 30.2 Å². The predicted octanol–water partition coefficient (Wildman–Crippen LogP) is 4.69. The maximum absolute atomic E-state index is 12.8. The van der Waals surface area contributed by atoms with Crippen LogP contribution in [0.5, 0.6) is 11.5 Å². The van der Waals surface area contributed by atoms with Crippen molar-refractivity contribution in [2.45, 2.75) is 45.3 Å². The lowest BCUT2D eigenvalue weighted by atomic mass is 10.1. The second-order valence-corrected chi connectivity index (χ2v) is 11.6. The molecule has 1 fully saturated rings. The normalized spacial score (nSPS) is 16.8. The standard InChI is InChI=1S/C27H29N7O5S/c1-27(2,3)39-26(36)33-10-4-6-15(12-33)34-24-19(23(28)29-13-30-24)20(32-34)16-8-9-17(22-21(16)37-14-38-22)31-25(35)18-7-5-11-40-18/h5,7-9,11,13,15H,4,6,10,12,14H2,1-3H3,(H,31,35)(H2,28,29,30)/t15-/m1/s1. The van der Waals surface area contributed by atoms with Crippen molar-refractivity contribution < 1.29 is 23.8 Å². The Morgan fingerprint density at radius 2 is 2.00 bits per heavy atom. The van der Waals surface area contributed by atoms with Crippen molar-refractivity contribution in [3.8, 4) is 22.8 Å². The van der Waals surface area contributed by atoms with Crippen LogP contribution in [0.3, 0.4) is 0 Å². The minimum Gasteiger partial charge on any atom is -0.453 e. The average Bonchev–Trinajstić information content (AvgIpc) is 3.69. The molecule has 6 rings (SSSR count). The number of ether oxygens (including phenoxy) is 3. The monoisotopic (exact) mass is 563 g/mol. The number of anilines is 2. The van der Waals surface area contributed by atoms with Gasteiger partial charge in [-0.05, 0) is 57.2 Å². The zero-order valence-electron chi connectivity index (χ0n) is 22.3. The van der Waals surface area contributed by atoms with E-state index in [-0.39, 0.29) is 30.7 Å². The first kappa shape index (κ1) is 25.9. The number of nitrogens with zero attached hydrogens (tertiary/aromatic N) is 5. The summed E-state index contributed by atoms with van der Waals surface area (Å²) in [6.45, 7) is 6.56. The Morgan fingerprint density at radius 3 is 2.77 bits per heavy atom. The maximum Gasteiger partial charge on any atom is 0.410 e. The number of rotatable bonds is 4. The number of nitrogens with one attached hydrogen (secondary N) is 1. The first-order valence-electron chi connectivity index (χ1n) is 12.9. The molecule has 2 aliphatic heterocycles. The van der Waals surface area contributed by atoms with Crippen molar-refractivity contribution in [3.05, 3.63) is 40.8 Å². The van der Waals surface area contributed by atoms with Crippen LogP contribution in [-0.2, 0) is 4.74 Å². The van der Waals surface area contributed by atoms with Gasteiger partial charge in [-0.1, -0.05) is 6.07 Å². The second kappa shape index (κ2) is 9.97. The van der Waals surface area contributed by atoms with E-state index in [0.29, 0.717) is 57.4 Å². The highest BCUT2D eigenvalue weighted by Gasteiger charge is 2.33. The molecule has 0 aliphatic carbocycles. The molecule has 4 aromatic rings. The van der Waals surface area contributed by atoms with Crippen LogP contribution in [0.25, 0.3) is 22.3 Å². The molecule has 12 nitrogen and oxygen atoms in total. The Kier molecular flexibility index (Phi) is 6.45. The van der Waals surface area contributed by atoms with Crippen molar-refractivity contribution in [3.63, 3.8) is 0 Å². The molecule has 40 heavy (non-hydrogen) atoms. The van der Waals surface area contributed by atoms with Gasteiger partial charge in [0.25, 0.3) is 5.91 Å². The number of carbonyl (C=O) groups excluding carboxylic acids is 2. The number of aromatic nitrogens is 4. The van der Waals surface area contributed by atoms with Crippen LogP contribution in [0, 0.1) is 0 Å². The number of amides is 2. The van der Waals surface area contributed by atoms with Gasteiger partial charge >= 0.3 is 6.09 Å². The van der Waals surface area contributed by atoms with Gasteiger partial charge in [0.2, 0.25) is 6.79 Å². The van der Waals surface area contributed by atoms with E-state index >= 15 is 0 Å². The number of hydrogen-bond acceptors (Lipinski definition) is 10. The van der Waals surface area contributed by atoms with Crippen LogP contribution in [0.1, 0.15) is 49.3 Å². The fourth-order valence-corrected chi connectivity index (χ4v) is 5.58. The van der Waals surface area contributed by atoms with Crippen molar-refractivity contribution in [1.82, 2.24) is 24.6 Å². The molecule has 0 saturated carbocycles. The van der Waals surface area contributed by atoms with E-state index in [4.69, 9.17) is 25.0 Å². The second-order valence-electron chi connectivity index (χ2n) is 10.6. The van der Waals surface area contributed by atoms with Gasteiger partial charge in [-0.15, -0.1) is 11.3 Å². The lowest BCUT2D eigenvalue weighted by Crippen LogP contribution is -2.43. The van der Waals surface area contributed by atoms with Gasteiger partial charge in [0.05, 0.1) is 22.0 Å². The number of likely N-dealkylation sites (tertiary alicyclic amines) is 1. The molecule has 2 aliphatic rings. The summed E-state index contributed by atoms with van der Waals surface area (Å²) in [7, 11) is 0. The highest BCUT2D eigenvalue weighted by molar-refractivity contribution is 7.12. The molecule has 1 saturated heterocycles. The SMILES string of the molecule is CC(C)(C)OC(=O)N1CCC[C@@H](n2nc(-c3ccc(NC(=O)c4cccs4)c4c3OCO4)c3c(N)ncnc32)C1. The molecule has 208 valence electrons. The Morgan fingerprint density at radius 1 is 1.18 bits per heavy atom. The van der Waals surface area contributed by atoms with Gasteiger partial charge in [-0.2, -0.15) is 5.10 Å². The largest absolute Gasteiger partial charge is 0.453 e. The van der Waals surface area contributed by atoms with Crippen molar-refractivity contribution in [2.24, 2.45) is 0 Å². The number of nitrogens with two attached hydrogens (primary N) is 1. The highest BCUT2D eigenvalue weighted by Crippen LogP contribution is 2.48. The molecule has 1 aromatic carbocycles. The Bertz CT molecular complexity index is 1600. The summed E-state index contributed by atoms with van der Waals surface area (Å²) in [6.07, 6.45) is 2.63. The molecule has 3 aromatic heterocycles. The molecule has 0 unspecified atom stereocenters. The van der Waals surface area contributed by atoms with Crippen LogP contribution in [-0.4, -0.2) is 62.1 Å². The zero-order valence-corrected chi connectivity index (χ0v) is 23.2. The summed E-state index contributed by atoms with van der Waals surface area (Å²) in [4.78, 5) is 36.5. The van der Waals surface area contributed by atoms with Crippen LogP contribution in [0.4, 0.5) is 16.3 Å². The third-order valence-corrected chi connectivity index (χ3v) is 7.55. The van der Waals surface area contributed by atoms with Crippen LogP contribution >= 0.6 is 11.3 Å². The summed E-state index contributed by atoms with van der Waals surface area (Å²) in [5.41, 5.74) is 7.98. The summed E-state index contributed by atoms with van der Waals surface area (Å²) >= 11 is 1.35. The van der Waals surface area contributed by atoms with Gasteiger partial charge in [-0.25, -0.2) is 19.4 Å². The smallest absolute Gasteiger partial charge is 0.410 e. The molecule has 0 radical (unpaired) electrons. The first-order chi connectivity index (χ1) is 19.2. The van der Waals surface area contributed by atoms with E-state index in [1.807, 2.05) is 43.0 Å². The number of hydrogen-bond donors (Lipinski definition) is 2. The fourth-order valence-electron chi connectivity index (χ4n) is 4.96. The molecule has 13 heteroatoms. The Balaban J connectivity index is 1.37. The average molecular weight is 564 g/mol. The zero-order chi connectivity index (χ0) is 28.0. The van der Waals surface area contributed by atoms with E-state index in [9.17, 15) is 9.59 Å². The van der Waals surface area contributed by atoms with E-state index in [1.165, 1.54) is 17.7 Å². The van der Waals surface area contributed by atoms with E-state index < -0.39 is 5.60 Å². The Hall–Kier alpha value is -4.39. The number of carbonyl (C=O) groups is 2. The third kappa shape index (κ3) is 4.76. The summed E-state index contributed by atoms with van der Waals surface area (Å²) < 4.78 is 19.1. The molecule has 5 heterocycles. The number of piperidine rings is 1. The van der Waals surface area contributed by atoms with Gasteiger partial charge in [-0.3, -0.25) is 4.79 Å². The molecule has 0 bridgehead atoms. The lowest BCUT2D eigenvalue weighted by Gasteiger charge is -2.34. The molecule has 2 amide bonds. The molecular formula is C27H29N7O5S. The minimum absolute atomic E-state index is 0.00762. The minimum atomic E-state index is -0.588. The summed E-state index contributed by atoms with van der Waals surface area (Å²) in [6, 6.07) is 6.98. The van der Waals surface area contributed by atoms with Gasteiger partial charge in [0.15, 0.2) is 17.1 Å². The van der Waals surface area contributed by atoms with Crippen LogP contribution in [0.2, 0.25) is 0 Å². The summed E-state index contributed by atoms with van der Waals surface area (Å²) in [5, 5.41) is 10.3. The van der Waals surface area contributed by atoms with E-state index in [2.05, 4.69) is 15.3 Å². The maximum atomic E-state index is 12.8. The topological polar surface area (TPSA) is 147 Å². The number of benzene rings is 1. The Labute approximate surface area is 234 Å². The predicted molar refractivity (Wildman–Crippen MR) is 150 cm³/mol. The lowest BCUT2D eigenvalue weighted by molar-refractivity contribution is 0.0169. The van der Waals surface area contributed by atoms with E-state index in [1.54, 1.807) is 17.0 Å². The van der Waals surface area contributed by atoms with Crippen LogP contribution in [0.15, 0.2) is 36.0 Å². The van der Waals surface area contributed by atoms with Crippen molar-refractivity contribution in [1.29, 1.82) is 0 Å². The fraction of sp³-hybridized carbons (Fsp3) is 0.370. The van der Waals surface area contributed by atoms with Gasteiger partial charge in [0, 0.05) is 18.7 Å². The molecule has 0 spiro atoms. The van der Waals surface area contributed by atoms with Gasteiger partial charge in [0.1, 0.15) is 23.4 Å². The third-order valence-electron chi connectivity index (χ3n) is 6.68.